The van der Waals surface area contributed by atoms with Crippen LogP contribution in [0.5, 0.6) is 0 Å². The fourth-order valence-electron chi connectivity index (χ4n) is 1.90. The van der Waals surface area contributed by atoms with Gasteiger partial charge in [-0.2, -0.15) is 0 Å². The van der Waals surface area contributed by atoms with E-state index in [0.717, 1.165) is 0 Å². The van der Waals surface area contributed by atoms with E-state index in [9.17, 15) is 0 Å². The maximum Gasteiger partial charge on any atom is 0.110 e. The van der Waals surface area contributed by atoms with E-state index in [4.69, 9.17) is 4.74 Å². The Hall–Kier alpha value is -1.08. The third-order valence-electron chi connectivity index (χ3n) is 2.62. The SMILES string of the molecule is CC1(C)C=C[C@](C)(c2ccccc2)O1. The zero-order valence-electron chi connectivity index (χ0n) is 8.95. The summed E-state index contributed by atoms with van der Waals surface area (Å²) in [4.78, 5) is 0. The molecule has 1 nitrogen and oxygen atoms in total. The second-order valence-corrected chi connectivity index (χ2v) is 4.51. The monoisotopic (exact) mass is 188 g/mol. The molecule has 0 bridgehead atoms. The Kier molecular flexibility index (Phi) is 2.00. The van der Waals surface area contributed by atoms with Gasteiger partial charge >= 0.3 is 0 Å². The molecule has 0 unspecified atom stereocenters. The van der Waals surface area contributed by atoms with E-state index < -0.39 is 0 Å². The summed E-state index contributed by atoms with van der Waals surface area (Å²) in [5, 5.41) is 0. The molecule has 1 aromatic carbocycles. The van der Waals surface area contributed by atoms with Crippen LogP contribution in [0.25, 0.3) is 0 Å². The predicted molar refractivity (Wildman–Crippen MR) is 58.1 cm³/mol. The lowest BCUT2D eigenvalue weighted by atomic mass is 9.97. The smallest absolute Gasteiger partial charge is 0.110 e. The first-order valence-corrected chi connectivity index (χ1v) is 4.98. The lowest BCUT2D eigenvalue weighted by Gasteiger charge is -2.28. The normalized spacial score (nSPS) is 29.4. The van der Waals surface area contributed by atoms with Gasteiger partial charge in [0.15, 0.2) is 0 Å². The zero-order chi connectivity index (χ0) is 10.2. The van der Waals surface area contributed by atoms with Gasteiger partial charge in [0.05, 0.1) is 5.60 Å². The van der Waals surface area contributed by atoms with Gasteiger partial charge in [0.25, 0.3) is 0 Å². The van der Waals surface area contributed by atoms with Crippen LogP contribution in [0, 0.1) is 0 Å². The van der Waals surface area contributed by atoms with Gasteiger partial charge in [0, 0.05) is 0 Å². The summed E-state index contributed by atoms with van der Waals surface area (Å²) < 4.78 is 6.01. The van der Waals surface area contributed by atoms with Gasteiger partial charge in [0.1, 0.15) is 5.60 Å². The van der Waals surface area contributed by atoms with Crippen molar-refractivity contribution in [1.82, 2.24) is 0 Å². The number of hydrogen-bond donors (Lipinski definition) is 0. The molecule has 0 saturated heterocycles. The molecule has 1 heterocycles. The highest BCUT2D eigenvalue weighted by Crippen LogP contribution is 2.38. The molecular formula is C13H16O. The minimum absolute atomic E-state index is 0.148. The molecule has 74 valence electrons. The molecule has 2 rings (SSSR count). The van der Waals surface area contributed by atoms with Crippen molar-refractivity contribution in [2.45, 2.75) is 32.0 Å². The van der Waals surface area contributed by atoms with E-state index in [0.29, 0.717) is 0 Å². The molecule has 1 aliphatic heterocycles. The van der Waals surface area contributed by atoms with Crippen LogP contribution in [-0.4, -0.2) is 5.60 Å². The van der Waals surface area contributed by atoms with Crippen molar-refractivity contribution >= 4 is 0 Å². The van der Waals surface area contributed by atoms with Crippen LogP contribution in [-0.2, 0) is 10.3 Å². The van der Waals surface area contributed by atoms with Crippen molar-refractivity contribution in [3.05, 3.63) is 48.0 Å². The Bertz CT molecular complexity index is 351. The van der Waals surface area contributed by atoms with Crippen LogP contribution in [0.15, 0.2) is 42.5 Å². The maximum atomic E-state index is 6.01. The minimum atomic E-state index is -0.259. The lowest BCUT2D eigenvalue weighted by Crippen LogP contribution is -2.28. The largest absolute Gasteiger partial charge is 0.357 e. The molecule has 1 aromatic rings. The van der Waals surface area contributed by atoms with Crippen molar-refractivity contribution < 1.29 is 4.74 Å². The van der Waals surface area contributed by atoms with Crippen LogP contribution in [0.4, 0.5) is 0 Å². The summed E-state index contributed by atoms with van der Waals surface area (Å²) in [6, 6.07) is 10.3. The quantitative estimate of drug-likeness (QED) is 0.615. The lowest BCUT2D eigenvalue weighted by molar-refractivity contribution is -0.0628. The maximum absolute atomic E-state index is 6.01. The average Bonchev–Trinajstić information content (AvgIpc) is 2.44. The number of ether oxygens (including phenoxy) is 1. The highest BCUT2D eigenvalue weighted by Gasteiger charge is 2.36. The standard InChI is InChI=1S/C13H16O/c1-12(2)9-10-13(3,14-12)11-7-5-4-6-8-11/h4-10H,1-3H3/t13-/m1/s1. The summed E-state index contributed by atoms with van der Waals surface area (Å²) in [6.45, 7) is 6.27. The molecule has 0 saturated carbocycles. The van der Waals surface area contributed by atoms with Gasteiger partial charge in [0.2, 0.25) is 0 Å². The van der Waals surface area contributed by atoms with E-state index in [1.807, 2.05) is 18.2 Å². The van der Waals surface area contributed by atoms with Crippen LogP contribution < -0.4 is 0 Å². The second kappa shape index (κ2) is 2.96. The van der Waals surface area contributed by atoms with Gasteiger partial charge in [-0.3, -0.25) is 0 Å². The fourth-order valence-corrected chi connectivity index (χ4v) is 1.90. The van der Waals surface area contributed by atoms with Gasteiger partial charge in [-0.1, -0.05) is 36.4 Å². The van der Waals surface area contributed by atoms with Crippen LogP contribution in [0.2, 0.25) is 0 Å². The second-order valence-electron chi connectivity index (χ2n) is 4.51. The Morgan fingerprint density at radius 1 is 0.929 bits per heavy atom. The Labute approximate surface area is 85.4 Å². The summed E-state index contributed by atoms with van der Waals surface area (Å²) in [7, 11) is 0. The van der Waals surface area contributed by atoms with Crippen molar-refractivity contribution in [2.24, 2.45) is 0 Å². The summed E-state index contributed by atoms with van der Waals surface area (Å²) in [5.74, 6) is 0. The van der Waals surface area contributed by atoms with E-state index >= 15 is 0 Å². The molecule has 0 aliphatic carbocycles. The zero-order valence-corrected chi connectivity index (χ0v) is 8.95. The first kappa shape index (κ1) is 9.47. The number of rotatable bonds is 1. The summed E-state index contributed by atoms with van der Waals surface area (Å²) in [6.07, 6.45) is 4.27. The van der Waals surface area contributed by atoms with E-state index in [1.165, 1.54) is 5.56 Å². The fraction of sp³-hybridized carbons (Fsp3) is 0.385. The molecule has 1 atom stereocenters. The molecule has 0 radical (unpaired) electrons. The third kappa shape index (κ3) is 1.60. The van der Waals surface area contributed by atoms with Gasteiger partial charge in [-0.25, -0.2) is 0 Å². The van der Waals surface area contributed by atoms with Crippen LogP contribution >= 0.6 is 0 Å². The van der Waals surface area contributed by atoms with E-state index in [2.05, 4.69) is 45.1 Å². The molecule has 0 aromatic heterocycles. The van der Waals surface area contributed by atoms with Gasteiger partial charge < -0.3 is 4.74 Å². The Balaban J connectivity index is 2.33. The number of hydrogen-bond acceptors (Lipinski definition) is 1. The molecule has 1 aliphatic rings. The van der Waals surface area contributed by atoms with Gasteiger partial charge in [-0.05, 0) is 32.4 Å². The van der Waals surface area contributed by atoms with Crippen molar-refractivity contribution in [1.29, 1.82) is 0 Å². The summed E-state index contributed by atoms with van der Waals surface area (Å²) in [5.41, 5.74) is 0.803. The Morgan fingerprint density at radius 3 is 2.07 bits per heavy atom. The molecule has 0 spiro atoms. The molecular weight excluding hydrogens is 172 g/mol. The third-order valence-corrected chi connectivity index (χ3v) is 2.62. The van der Waals surface area contributed by atoms with E-state index in [-0.39, 0.29) is 11.2 Å². The average molecular weight is 188 g/mol. The predicted octanol–water partition coefficient (Wildman–Crippen LogP) is 3.27. The highest BCUT2D eigenvalue weighted by molar-refractivity contribution is 5.30. The summed E-state index contributed by atoms with van der Waals surface area (Å²) >= 11 is 0. The van der Waals surface area contributed by atoms with E-state index in [1.54, 1.807) is 0 Å². The molecule has 0 N–H and O–H groups in total. The highest BCUT2D eigenvalue weighted by atomic mass is 16.5. The molecule has 0 fully saturated rings. The molecule has 14 heavy (non-hydrogen) atoms. The van der Waals surface area contributed by atoms with Crippen molar-refractivity contribution in [3.63, 3.8) is 0 Å². The first-order chi connectivity index (χ1) is 6.52. The topological polar surface area (TPSA) is 9.23 Å². The van der Waals surface area contributed by atoms with Gasteiger partial charge in [-0.15, -0.1) is 0 Å². The van der Waals surface area contributed by atoms with Crippen molar-refractivity contribution in [2.75, 3.05) is 0 Å². The first-order valence-electron chi connectivity index (χ1n) is 4.98. The number of benzene rings is 1. The van der Waals surface area contributed by atoms with Crippen molar-refractivity contribution in [3.8, 4) is 0 Å². The Morgan fingerprint density at radius 2 is 1.57 bits per heavy atom. The minimum Gasteiger partial charge on any atom is -0.357 e. The molecule has 0 amide bonds. The van der Waals surface area contributed by atoms with Crippen LogP contribution in [0.3, 0.4) is 0 Å². The molecule has 1 heteroatoms. The van der Waals surface area contributed by atoms with Crippen LogP contribution in [0.1, 0.15) is 26.3 Å².